The van der Waals surface area contributed by atoms with Crippen LogP contribution in [0.5, 0.6) is 0 Å². The average molecular weight is 435 g/mol. The van der Waals surface area contributed by atoms with Crippen LogP contribution < -0.4 is 10.6 Å². The Labute approximate surface area is 183 Å². The fraction of sp³-hybridized carbons (Fsp3) is 0.714. The molecule has 10 heteroatoms. The molecule has 31 heavy (non-hydrogen) atoms. The van der Waals surface area contributed by atoms with Crippen LogP contribution in [0, 0.1) is 6.92 Å². The molecule has 10 nitrogen and oxygen atoms in total. The molecule has 0 radical (unpaired) electrons. The highest BCUT2D eigenvalue weighted by molar-refractivity contribution is 5.90. The quantitative estimate of drug-likeness (QED) is 0.740. The number of aryl methyl sites for hydroxylation is 1. The molecule has 2 heterocycles. The first-order valence-corrected chi connectivity index (χ1v) is 11.2. The van der Waals surface area contributed by atoms with Crippen molar-refractivity contribution in [3.63, 3.8) is 0 Å². The number of hydrogen-bond donors (Lipinski definition) is 2. The van der Waals surface area contributed by atoms with Crippen molar-refractivity contribution >= 4 is 23.7 Å². The van der Waals surface area contributed by atoms with Gasteiger partial charge in [-0.15, -0.1) is 0 Å². The minimum atomic E-state index is -0.509. The predicted molar refractivity (Wildman–Crippen MR) is 116 cm³/mol. The Balaban J connectivity index is 1.53. The molecule has 4 amide bonds. The van der Waals surface area contributed by atoms with E-state index in [9.17, 15) is 14.4 Å². The molecule has 2 N–H and O–H groups in total. The number of hydrogen-bond acceptors (Lipinski definition) is 5. The van der Waals surface area contributed by atoms with Gasteiger partial charge in [-0.3, -0.25) is 9.48 Å². The SMILES string of the molecule is CCOC(=O)N1CCN(C(=O)C(C)n2cc(NC(=O)NC3CCCCC3)c(C)n2)CC1. The number of rotatable bonds is 5. The van der Waals surface area contributed by atoms with Crippen LogP contribution in [0.15, 0.2) is 6.20 Å². The summed E-state index contributed by atoms with van der Waals surface area (Å²) in [5.74, 6) is -0.0655. The van der Waals surface area contributed by atoms with E-state index in [1.54, 1.807) is 34.5 Å². The topological polar surface area (TPSA) is 109 Å². The molecule has 3 rings (SSSR count). The molecular formula is C21H34N6O4. The van der Waals surface area contributed by atoms with Gasteiger partial charge in [0.15, 0.2) is 0 Å². The molecule has 1 unspecified atom stereocenters. The summed E-state index contributed by atoms with van der Waals surface area (Å²) in [5.41, 5.74) is 1.26. The van der Waals surface area contributed by atoms with Gasteiger partial charge in [-0.05, 0) is 33.6 Å². The molecule has 1 aliphatic heterocycles. The second-order valence-electron chi connectivity index (χ2n) is 8.23. The first-order valence-electron chi connectivity index (χ1n) is 11.2. The molecule has 1 saturated carbocycles. The monoisotopic (exact) mass is 434 g/mol. The number of carbonyl (C=O) groups is 3. The van der Waals surface area contributed by atoms with E-state index in [2.05, 4.69) is 15.7 Å². The zero-order chi connectivity index (χ0) is 22.4. The van der Waals surface area contributed by atoms with Crippen molar-refractivity contribution in [2.45, 2.75) is 65.0 Å². The largest absolute Gasteiger partial charge is 0.450 e. The smallest absolute Gasteiger partial charge is 0.409 e. The Morgan fingerprint density at radius 1 is 1.13 bits per heavy atom. The molecule has 0 bridgehead atoms. The third-order valence-corrected chi connectivity index (χ3v) is 5.98. The molecule has 2 aliphatic rings. The molecule has 0 spiro atoms. The number of nitrogens with one attached hydrogen (secondary N) is 2. The van der Waals surface area contributed by atoms with Crippen molar-refractivity contribution in [2.24, 2.45) is 0 Å². The van der Waals surface area contributed by atoms with E-state index >= 15 is 0 Å². The van der Waals surface area contributed by atoms with Crippen molar-refractivity contribution < 1.29 is 19.1 Å². The van der Waals surface area contributed by atoms with Gasteiger partial charge in [0.2, 0.25) is 5.91 Å². The summed E-state index contributed by atoms with van der Waals surface area (Å²) in [6.07, 6.45) is 6.92. The molecule has 172 valence electrons. The van der Waals surface area contributed by atoms with E-state index in [0.29, 0.717) is 44.2 Å². The minimum Gasteiger partial charge on any atom is -0.450 e. The zero-order valence-corrected chi connectivity index (χ0v) is 18.7. The molecule has 2 fully saturated rings. The van der Waals surface area contributed by atoms with Crippen LogP contribution >= 0.6 is 0 Å². The van der Waals surface area contributed by atoms with Gasteiger partial charge >= 0.3 is 12.1 Å². The zero-order valence-electron chi connectivity index (χ0n) is 18.7. The van der Waals surface area contributed by atoms with E-state index in [1.165, 1.54) is 6.42 Å². The number of amides is 4. The van der Waals surface area contributed by atoms with Gasteiger partial charge in [0, 0.05) is 38.4 Å². The van der Waals surface area contributed by atoms with E-state index < -0.39 is 6.04 Å². The summed E-state index contributed by atoms with van der Waals surface area (Å²) in [5, 5.41) is 10.3. The van der Waals surface area contributed by atoms with E-state index in [0.717, 1.165) is 25.7 Å². The van der Waals surface area contributed by atoms with E-state index in [4.69, 9.17) is 4.74 Å². The van der Waals surface area contributed by atoms with Gasteiger partial charge < -0.3 is 25.2 Å². The van der Waals surface area contributed by atoms with Gasteiger partial charge in [0.25, 0.3) is 0 Å². The molecule has 1 aromatic heterocycles. The molecule has 1 aliphatic carbocycles. The standard InChI is InChI=1S/C21H34N6O4/c1-4-31-21(30)26-12-10-25(11-13-26)19(28)16(3)27-14-18(15(2)24-27)23-20(29)22-17-8-6-5-7-9-17/h14,16-17H,4-13H2,1-3H3,(H2,22,23,29). The number of aromatic nitrogens is 2. The maximum Gasteiger partial charge on any atom is 0.409 e. The molecule has 1 saturated heterocycles. The Kier molecular flexibility index (Phi) is 7.75. The number of nitrogens with zero attached hydrogens (tertiary/aromatic N) is 4. The Morgan fingerprint density at radius 2 is 1.77 bits per heavy atom. The number of ether oxygens (including phenoxy) is 1. The minimum absolute atomic E-state index is 0.0655. The first-order chi connectivity index (χ1) is 14.9. The van der Waals surface area contributed by atoms with Crippen LogP contribution in [0.1, 0.15) is 57.7 Å². The van der Waals surface area contributed by atoms with Crippen LogP contribution in [0.25, 0.3) is 0 Å². The molecule has 0 aromatic carbocycles. The lowest BCUT2D eigenvalue weighted by molar-refractivity contribution is -0.136. The average Bonchev–Trinajstić information content (AvgIpc) is 3.13. The molecule has 1 aromatic rings. The van der Waals surface area contributed by atoms with Crippen molar-refractivity contribution in [1.29, 1.82) is 0 Å². The van der Waals surface area contributed by atoms with Crippen molar-refractivity contribution in [2.75, 3.05) is 38.1 Å². The van der Waals surface area contributed by atoms with Gasteiger partial charge in [-0.2, -0.15) is 5.10 Å². The third kappa shape index (κ3) is 5.89. The Bertz CT molecular complexity index is 781. The Hall–Kier alpha value is -2.78. The number of carbonyl (C=O) groups excluding carboxylic acids is 3. The number of urea groups is 1. The lowest BCUT2D eigenvalue weighted by atomic mass is 9.96. The molecular weight excluding hydrogens is 400 g/mol. The van der Waals surface area contributed by atoms with Crippen LogP contribution in [0.4, 0.5) is 15.3 Å². The lowest BCUT2D eigenvalue weighted by Gasteiger charge is -2.35. The van der Waals surface area contributed by atoms with Gasteiger partial charge in [0.05, 0.1) is 18.0 Å². The van der Waals surface area contributed by atoms with Crippen LogP contribution in [0.2, 0.25) is 0 Å². The number of piperazine rings is 1. The van der Waals surface area contributed by atoms with Crippen molar-refractivity contribution in [3.05, 3.63) is 11.9 Å². The third-order valence-electron chi connectivity index (χ3n) is 5.98. The number of anilines is 1. The maximum absolute atomic E-state index is 12.9. The Morgan fingerprint density at radius 3 is 2.42 bits per heavy atom. The summed E-state index contributed by atoms with van der Waals surface area (Å²) in [6.45, 7) is 7.51. The maximum atomic E-state index is 12.9. The normalized spacial score (nSPS) is 18.4. The second-order valence-corrected chi connectivity index (χ2v) is 8.23. The highest BCUT2D eigenvalue weighted by atomic mass is 16.6. The van der Waals surface area contributed by atoms with Crippen molar-refractivity contribution in [3.8, 4) is 0 Å². The summed E-state index contributed by atoms with van der Waals surface area (Å²) in [6, 6.07) is -0.522. The lowest BCUT2D eigenvalue weighted by Crippen LogP contribution is -2.52. The van der Waals surface area contributed by atoms with Crippen molar-refractivity contribution in [1.82, 2.24) is 24.9 Å². The predicted octanol–water partition coefficient (Wildman–Crippen LogP) is 2.51. The summed E-state index contributed by atoms with van der Waals surface area (Å²) in [4.78, 5) is 40.5. The summed E-state index contributed by atoms with van der Waals surface area (Å²) in [7, 11) is 0. The summed E-state index contributed by atoms with van der Waals surface area (Å²) >= 11 is 0. The van der Waals surface area contributed by atoms with Crippen LogP contribution in [0.3, 0.4) is 0 Å². The van der Waals surface area contributed by atoms with Crippen LogP contribution in [-0.2, 0) is 9.53 Å². The second kappa shape index (κ2) is 10.5. The highest BCUT2D eigenvalue weighted by Crippen LogP contribution is 2.20. The fourth-order valence-corrected chi connectivity index (χ4v) is 4.10. The van der Waals surface area contributed by atoms with E-state index in [1.807, 2.05) is 6.92 Å². The molecule has 1 atom stereocenters. The van der Waals surface area contributed by atoms with Gasteiger partial charge in [-0.1, -0.05) is 19.3 Å². The van der Waals surface area contributed by atoms with Crippen LogP contribution in [-0.4, -0.2) is 76.4 Å². The first kappa shape index (κ1) is 22.9. The highest BCUT2D eigenvalue weighted by Gasteiger charge is 2.29. The van der Waals surface area contributed by atoms with Gasteiger partial charge in [-0.25, -0.2) is 9.59 Å². The fourth-order valence-electron chi connectivity index (χ4n) is 4.10. The summed E-state index contributed by atoms with van der Waals surface area (Å²) < 4.78 is 6.61. The van der Waals surface area contributed by atoms with Gasteiger partial charge in [0.1, 0.15) is 6.04 Å². The van der Waals surface area contributed by atoms with E-state index in [-0.39, 0.29) is 24.1 Å².